The van der Waals surface area contributed by atoms with Crippen molar-refractivity contribution in [1.29, 1.82) is 0 Å². The van der Waals surface area contributed by atoms with E-state index in [0.717, 1.165) is 58.7 Å². The van der Waals surface area contributed by atoms with Crippen LogP contribution in [0.3, 0.4) is 0 Å². The molecule has 1 amide bonds. The maximum absolute atomic E-state index is 14.7. The van der Waals surface area contributed by atoms with Crippen LogP contribution in [0, 0.1) is 11.6 Å². The molecular weight excluding hydrogens is 708 g/mol. The summed E-state index contributed by atoms with van der Waals surface area (Å²) in [6.07, 6.45) is 3.17. The summed E-state index contributed by atoms with van der Waals surface area (Å²) in [5.74, 6) is 0.0714. The summed E-state index contributed by atoms with van der Waals surface area (Å²) in [5, 5.41) is 3.74. The summed E-state index contributed by atoms with van der Waals surface area (Å²) < 4.78 is 48.2. The van der Waals surface area contributed by atoms with Crippen LogP contribution in [0.1, 0.15) is 46.5 Å². The Balaban J connectivity index is 1.04. The minimum Gasteiger partial charge on any atom is -0.493 e. The van der Waals surface area contributed by atoms with E-state index in [1.54, 1.807) is 34.4 Å². The van der Waals surface area contributed by atoms with E-state index in [1.165, 1.54) is 33.5 Å². The summed E-state index contributed by atoms with van der Waals surface area (Å²) in [6, 6.07) is 19.8. The number of benzene rings is 3. The number of imidazole rings is 1. The average molecular weight is 750 g/mol. The molecule has 2 fully saturated rings. The lowest BCUT2D eigenvalue weighted by molar-refractivity contribution is 0.0779. The summed E-state index contributed by atoms with van der Waals surface area (Å²) in [4.78, 5) is 24.2. The van der Waals surface area contributed by atoms with Crippen molar-refractivity contribution in [2.45, 2.75) is 43.7 Å². The number of thiophene rings is 1. The number of amides is 1. The third-order valence-corrected chi connectivity index (χ3v) is 11.7. The van der Waals surface area contributed by atoms with Crippen molar-refractivity contribution in [2.75, 3.05) is 59.4 Å². The van der Waals surface area contributed by atoms with Crippen LogP contribution >= 0.6 is 22.9 Å². The van der Waals surface area contributed by atoms with E-state index >= 15 is 0 Å². The number of ether oxygens (including phenoxy) is 3. The van der Waals surface area contributed by atoms with Crippen molar-refractivity contribution >= 4 is 45.8 Å². The Labute approximate surface area is 311 Å². The molecule has 0 bridgehead atoms. The number of carbonyl (C=O) groups is 1. The lowest BCUT2D eigenvalue weighted by Gasteiger charge is -2.36. The van der Waals surface area contributed by atoms with Crippen LogP contribution < -0.4 is 19.5 Å². The zero-order valence-electron chi connectivity index (χ0n) is 29.5. The molecule has 2 saturated heterocycles. The van der Waals surface area contributed by atoms with Gasteiger partial charge in [-0.25, -0.2) is 13.8 Å². The first-order chi connectivity index (χ1) is 25.2. The second-order valence-corrected chi connectivity index (χ2v) is 15.3. The van der Waals surface area contributed by atoms with Crippen LogP contribution in [0.5, 0.6) is 17.2 Å². The number of methoxy groups -OCH3 is 3. The number of rotatable bonds is 12. The van der Waals surface area contributed by atoms with Gasteiger partial charge in [-0.2, -0.15) is 0 Å². The third-order valence-electron chi connectivity index (χ3n) is 10.5. The van der Waals surface area contributed by atoms with Crippen LogP contribution in [0.2, 0.25) is 4.34 Å². The van der Waals surface area contributed by atoms with E-state index in [0.29, 0.717) is 60.9 Å². The Morgan fingerprint density at radius 1 is 0.962 bits per heavy atom. The predicted octanol–water partition coefficient (Wildman–Crippen LogP) is 7.85. The van der Waals surface area contributed by atoms with Gasteiger partial charge in [0.1, 0.15) is 0 Å². The van der Waals surface area contributed by atoms with Crippen molar-refractivity contribution < 1.29 is 27.8 Å². The standard InChI is InChI=1S/C39H42ClF2N5O4S/c1-49-33-20-25(21-34(50-2)36(33)51-3)37(48)46-19-15-39(24-46,26-8-10-29(41)30(42)22-26)14-18-45-16-12-27(13-17-45)43-38-44-31-6-4-5-7-32(31)47(38)23-28-9-11-35(40)52-28/h4-11,20-22,27H,12-19,23-24H2,1-3H3,(H,43,44). The van der Waals surface area contributed by atoms with Crippen LogP contribution in [-0.4, -0.2) is 85.4 Å². The molecule has 0 aliphatic carbocycles. The second kappa shape index (κ2) is 15.3. The molecule has 4 heterocycles. The number of nitrogens with one attached hydrogen (secondary N) is 1. The molecule has 13 heteroatoms. The van der Waals surface area contributed by atoms with E-state index in [4.69, 9.17) is 30.8 Å². The first-order valence-electron chi connectivity index (χ1n) is 17.4. The third kappa shape index (κ3) is 7.29. The normalized spacial score (nSPS) is 18.2. The molecule has 1 atom stereocenters. The molecule has 9 nitrogen and oxygen atoms in total. The van der Waals surface area contributed by atoms with Crippen molar-refractivity contribution in [2.24, 2.45) is 0 Å². The maximum atomic E-state index is 14.7. The number of hydrogen-bond acceptors (Lipinski definition) is 8. The number of carbonyl (C=O) groups excluding carboxylic acids is 1. The average Bonchev–Trinajstić information content (AvgIpc) is 3.89. The molecule has 0 saturated carbocycles. The number of hydrogen-bond donors (Lipinski definition) is 1. The fraction of sp³-hybridized carbons (Fsp3) is 0.385. The number of nitrogens with zero attached hydrogens (tertiary/aromatic N) is 4. The maximum Gasteiger partial charge on any atom is 0.254 e. The lowest BCUT2D eigenvalue weighted by atomic mass is 9.76. The molecule has 0 radical (unpaired) electrons. The quantitative estimate of drug-likeness (QED) is 0.139. The fourth-order valence-electron chi connectivity index (χ4n) is 7.64. The number of para-hydroxylation sites is 2. The molecule has 274 valence electrons. The number of anilines is 1. The highest BCUT2D eigenvalue weighted by molar-refractivity contribution is 7.16. The SMILES string of the molecule is COc1cc(C(=O)N2CCC(CCN3CCC(Nc4nc5ccccc5n4Cc4ccc(Cl)s4)CC3)(c3ccc(F)c(F)c3)C2)cc(OC)c1OC. The van der Waals surface area contributed by atoms with Crippen molar-refractivity contribution in [3.05, 3.63) is 98.7 Å². The Morgan fingerprint density at radius 3 is 2.38 bits per heavy atom. The van der Waals surface area contributed by atoms with Crippen LogP contribution in [0.25, 0.3) is 11.0 Å². The van der Waals surface area contributed by atoms with Gasteiger partial charge in [0, 0.05) is 48.1 Å². The smallest absolute Gasteiger partial charge is 0.254 e. The molecule has 5 aromatic rings. The van der Waals surface area contributed by atoms with Crippen LogP contribution in [0.15, 0.2) is 66.7 Å². The molecule has 2 aliphatic rings. The highest BCUT2D eigenvalue weighted by Gasteiger charge is 2.42. The number of piperidine rings is 1. The van der Waals surface area contributed by atoms with Crippen molar-refractivity contribution in [1.82, 2.24) is 19.4 Å². The van der Waals surface area contributed by atoms with Gasteiger partial charge >= 0.3 is 0 Å². The first kappa shape index (κ1) is 36.0. The van der Waals surface area contributed by atoms with Gasteiger partial charge in [-0.3, -0.25) is 4.79 Å². The molecule has 1 N–H and O–H groups in total. The Hall–Kier alpha value is -4.39. The van der Waals surface area contributed by atoms with E-state index in [9.17, 15) is 13.6 Å². The predicted molar refractivity (Wildman–Crippen MR) is 201 cm³/mol. The molecule has 0 spiro atoms. The summed E-state index contributed by atoms with van der Waals surface area (Å²) in [6.45, 7) is 4.04. The highest BCUT2D eigenvalue weighted by Crippen LogP contribution is 2.42. The molecule has 2 aliphatic heterocycles. The molecule has 2 aromatic heterocycles. The summed E-state index contributed by atoms with van der Waals surface area (Å²) in [5.41, 5.74) is 2.58. The van der Waals surface area contributed by atoms with Gasteiger partial charge in [0.05, 0.1) is 43.2 Å². The number of fused-ring (bicyclic) bond motifs is 1. The minimum absolute atomic E-state index is 0.191. The molecule has 3 aromatic carbocycles. The van der Waals surface area contributed by atoms with E-state index < -0.39 is 17.0 Å². The lowest BCUT2D eigenvalue weighted by Crippen LogP contribution is -2.42. The summed E-state index contributed by atoms with van der Waals surface area (Å²) in [7, 11) is 4.53. The number of aromatic nitrogens is 2. The van der Waals surface area contributed by atoms with Crippen LogP contribution in [0.4, 0.5) is 14.7 Å². The second-order valence-electron chi connectivity index (χ2n) is 13.5. The highest BCUT2D eigenvalue weighted by atomic mass is 35.5. The van der Waals surface area contributed by atoms with Crippen LogP contribution in [-0.2, 0) is 12.0 Å². The van der Waals surface area contributed by atoms with Gasteiger partial charge in [-0.15, -0.1) is 11.3 Å². The molecule has 1 unspecified atom stereocenters. The Morgan fingerprint density at radius 2 is 1.71 bits per heavy atom. The topological polar surface area (TPSA) is 81.1 Å². The number of likely N-dealkylation sites (tertiary alicyclic amines) is 2. The van der Waals surface area contributed by atoms with Crippen molar-refractivity contribution in [3.8, 4) is 17.2 Å². The van der Waals surface area contributed by atoms with E-state index in [1.807, 2.05) is 24.3 Å². The van der Waals surface area contributed by atoms with Gasteiger partial charge in [0.2, 0.25) is 11.7 Å². The van der Waals surface area contributed by atoms with Gasteiger partial charge in [0.25, 0.3) is 5.91 Å². The largest absolute Gasteiger partial charge is 0.493 e. The van der Waals surface area contributed by atoms with Crippen molar-refractivity contribution in [3.63, 3.8) is 0 Å². The zero-order valence-corrected chi connectivity index (χ0v) is 31.0. The first-order valence-corrected chi connectivity index (χ1v) is 18.6. The van der Waals surface area contributed by atoms with Gasteiger partial charge in [-0.05, 0) is 86.3 Å². The van der Waals surface area contributed by atoms with E-state index in [-0.39, 0.29) is 11.9 Å². The number of halogens is 3. The van der Waals surface area contributed by atoms with Gasteiger partial charge in [-0.1, -0.05) is 29.8 Å². The van der Waals surface area contributed by atoms with Gasteiger partial charge < -0.3 is 33.9 Å². The molecular formula is C39H42ClF2N5O4S. The molecule has 52 heavy (non-hydrogen) atoms. The van der Waals surface area contributed by atoms with Gasteiger partial charge in [0.15, 0.2) is 23.1 Å². The monoisotopic (exact) mass is 749 g/mol. The minimum atomic E-state index is -0.885. The zero-order chi connectivity index (χ0) is 36.4. The Bertz CT molecular complexity index is 2040. The summed E-state index contributed by atoms with van der Waals surface area (Å²) >= 11 is 7.82. The molecule has 7 rings (SSSR count). The van der Waals surface area contributed by atoms with E-state index in [2.05, 4.69) is 26.9 Å². The Kier molecular flexibility index (Phi) is 10.6. The fourth-order valence-corrected chi connectivity index (χ4v) is 8.71.